The van der Waals surface area contributed by atoms with Crippen LogP contribution >= 0.6 is 15.9 Å². The molecule has 0 aliphatic heterocycles. The molecule has 0 spiro atoms. The Bertz CT molecular complexity index is 402. The molecule has 1 atom stereocenters. The fraction of sp³-hybridized carbons (Fsp3) is 0.462. The van der Waals surface area contributed by atoms with Gasteiger partial charge in [0, 0.05) is 5.56 Å². The van der Waals surface area contributed by atoms with Crippen LogP contribution in [0.2, 0.25) is 0 Å². The van der Waals surface area contributed by atoms with Gasteiger partial charge in [0.15, 0.2) is 17.3 Å². The van der Waals surface area contributed by atoms with E-state index >= 15 is 0 Å². The molecule has 0 aliphatic carbocycles. The lowest BCUT2D eigenvalue weighted by Gasteiger charge is -2.14. The van der Waals surface area contributed by atoms with Gasteiger partial charge in [0.25, 0.3) is 0 Å². The van der Waals surface area contributed by atoms with Crippen molar-refractivity contribution in [1.29, 1.82) is 0 Å². The highest BCUT2D eigenvalue weighted by atomic mass is 79.9. The van der Waals surface area contributed by atoms with Gasteiger partial charge in [0.2, 0.25) is 0 Å². The molecule has 0 fully saturated rings. The zero-order chi connectivity index (χ0) is 13.0. The summed E-state index contributed by atoms with van der Waals surface area (Å²) in [7, 11) is 3.13. The van der Waals surface area contributed by atoms with Crippen LogP contribution in [0.3, 0.4) is 0 Å². The summed E-state index contributed by atoms with van der Waals surface area (Å²) < 4.78 is 10.3. The van der Waals surface area contributed by atoms with E-state index in [1.807, 2.05) is 13.8 Å². The van der Waals surface area contributed by atoms with Crippen molar-refractivity contribution in [3.05, 3.63) is 23.8 Å². The topological polar surface area (TPSA) is 35.5 Å². The van der Waals surface area contributed by atoms with Gasteiger partial charge in [-0.1, -0.05) is 29.8 Å². The summed E-state index contributed by atoms with van der Waals surface area (Å²) in [6.07, 6.45) is 0. The Balaban J connectivity index is 3.03. The third-order valence-electron chi connectivity index (χ3n) is 2.50. The number of hydrogen-bond acceptors (Lipinski definition) is 3. The second kappa shape index (κ2) is 6.05. The Labute approximate surface area is 110 Å². The van der Waals surface area contributed by atoms with Gasteiger partial charge in [-0.25, -0.2) is 0 Å². The molecule has 0 N–H and O–H groups in total. The summed E-state index contributed by atoms with van der Waals surface area (Å²) in [5.41, 5.74) is 0.623. The summed E-state index contributed by atoms with van der Waals surface area (Å²) in [6, 6.07) is 5.20. The fourth-order valence-electron chi connectivity index (χ4n) is 1.45. The fourth-order valence-corrected chi connectivity index (χ4v) is 1.72. The molecular weight excluding hydrogens is 284 g/mol. The number of hydrogen-bond donors (Lipinski definition) is 0. The Hall–Kier alpha value is -1.03. The van der Waals surface area contributed by atoms with E-state index < -0.39 is 0 Å². The maximum absolute atomic E-state index is 12.1. The van der Waals surface area contributed by atoms with E-state index in [1.165, 1.54) is 0 Å². The van der Waals surface area contributed by atoms with Crippen molar-refractivity contribution in [3.8, 4) is 11.5 Å². The van der Waals surface area contributed by atoms with Crippen LogP contribution in [0.25, 0.3) is 0 Å². The van der Waals surface area contributed by atoms with Gasteiger partial charge in [-0.3, -0.25) is 4.79 Å². The summed E-state index contributed by atoms with van der Waals surface area (Å²) in [4.78, 5) is 11.9. The molecule has 0 aromatic heterocycles. The van der Waals surface area contributed by atoms with Crippen LogP contribution in [0.4, 0.5) is 0 Å². The van der Waals surface area contributed by atoms with Crippen LogP contribution < -0.4 is 9.47 Å². The third kappa shape index (κ3) is 3.22. The smallest absolute Gasteiger partial charge is 0.176 e. The molecule has 0 saturated carbocycles. The van der Waals surface area contributed by atoms with Crippen molar-refractivity contribution in [2.45, 2.75) is 18.7 Å². The number of carbonyl (C=O) groups is 1. The highest BCUT2D eigenvalue weighted by Gasteiger charge is 2.21. The van der Waals surface area contributed by atoms with Gasteiger partial charge >= 0.3 is 0 Å². The van der Waals surface area contributed by atoms with Crippen LogP contribution in [-0.2, 0) is 0 Å². The van der Waals surface area contributed by atoms with Gasteiger partial charge in [0.1, 0.15) is 0 Å². The Morgan fingerprint density at radius 3 is 2.24 bits per heavy atom. The lowest BCUT2D eigenvalue weighted by molar-refractivity contribution is 0.0977. The van der Waals surface area contributed by atoms with Gasteiger partial charge < -0.3 is 9.47 Å². The Morgan fingerprint density at radius 1 is 1.18 bits per heavy atom. The largest absolute Gasteiger partial charge is 0.493 e. The zero-order valence-electron chi connectivity index (χ0n) is 10.5. The standard InChI is InChI=1S/C13H17BrO3/c1-8(2)12(14)13(15)9-5-6-10(16-3)11(7-9)17-4/h5-8,12H,1-4H3. The maximum atomic E-state index is 12.1. The lowest BCUT2D eigenvalue weighted by Crippen LogP contribution is -2.20. The number of ether oxygens (including phenoxy) is 2. The van der Waals surface area contributed by atoms with E-state index in [1.54, 1.807) is 32.4 Å². The van der Waals surface area contributed by atoms with Crippen LogP contribution in [0.5, 0.6) is 11.5 Å². The van der Waals surface area contributed by atoms with E-state index in [9.17, 15) is 4.79 Å². The van der Waals surface area contributed by atoms with Crippen molar-refractivity contribution in [3.63, 3.8) is 0 Å². The molecule has 1 aromatic carbocycles. The molecule has 1 aromatic rings. The second-order valence-corrected chi connectivity index (χ2v) is 5.07. The molecule has 0 bridgehead atoms. The molecule has 0 saturated heterocycles. The van der Waals surface area contributed by atoms with Crippen LogP contribution in [0.15, 0.2) is 18.2 Å². The normalized spacial score (nSPS) is 12.4. The van der Waals surface area contributed by atoms with Crippen molar-refractivity contribution in [1.82, 2.24) is 0 Å². The molecule has 1 rings (SSSR count). The second-order valence-electron chi connectivity index (χ2n) is 4.08. The molecular formula is C13H17BrO3. The van der Waals surface area contributed by atoms with Crippen molar-refractivity contribution in [2.24, 2.45) is 5.92 Å². The molecule has 0 radical (unpaired) electrons. The van der Waals surface area contributed by atoms with E-state index in [0.717, 1.165) is 0 Å². The third-order valence-corrected chi connectivity index (χ3v) is 3.98. The number of methoxy groups -OCH3 is 2. The first-order valence-electron chi connectivity index (χ1n) is 5.41. The van der Waals surface area contributed by atoms with Crippen LogP contribution in [0, 0.1) is 5.92 Å². The minimum atomic E-state index is -0.180. The minimum Gasteiger partial charge on any atom is -0.493 e. The molecule has 94 valence electrons. The van der Waals surface area contributed by atoms with Gasteiger partial charge in [-0.15, -0.1) is 0 Å². The molecule has 3 nitrogen and oxygen atoms in total. The Kier molecular flexibility index (Phi) is 5.00. The number of rotatable bonds is 5. The highest BCUT2D eigenvalue weighted by molar-refractivity contribution is 9.10. The molecule has 1 unspecified atom stereocenters. The molecule has 17 heavy (non-hydrogen) atoms. The quantitative estimate of drug-likeness (QED) is 0.618. The summed E-state index contributed by atoms with van der Waals surface area (Å²) >= 11 is 3.40. The molecule has 0 amide bonds. The molecule has 4 heteroatoms. The number of ketones is 1. The highest BCUT2D eigenvalue weighted by Crippen LogP contribution is 2.29. The van der Waals surface area contributed by atoms with Crippen molar-refractivity contribution >= 4 is 21.7 Å². The van der Waals surface area contributed by atoms with Gasteiger partial charge in [0.05, 0.1) is 19.0 Å². The lowest BCUT2D eigenvalue weighted by atomic mass is 10.0. The Morgan fingerprint density at radius 2 is 1.76 bits per heavy atom. The number of benzene rings is 1. The van der Waals surface area contributed by atoms with Gasteiger partial charge in [-0.05, 0) is 24.1 Å². The van der Waals surface area contributed by atoms with Crippen LogP contribution in [-0.4, -0.2) is 24.8 Å². The SMILES string of the molecule is COc1ccc(C(=O)C(Br)C(C)C)cc1OC. The number of alkyl halides is 1. The van der Waals surface area contributed by atoms with E-state index in [2.05, 4.69) is 15.9 Å². The number of halogens is 1. The van der Waals surface area contributed by atoms with E-state index in [0.29, 0.717) is 17.1 Å². The predicted octanol–water partition coefficient (Wildman–Crippen LogP) is 3.31. The first-order chi connectivity index (χ1) is 8.01. The minimum absolute atomic E-state index is 0.0564. The van der Waals surface area contributed by atoms with Crippen molar-refractivity contribution in [2.75, 3.05) is 14.2 Å². The van der Waals surface area contributed by atoms with Gasteiger partial charge in [-0.2, -0.15) is 0 Å². The first kappa shape index (κ1) is 14.0. The predicted molar refractivity (Wildman–Crippen MR) is 71.4 cm³/mol. The van der Waals surface area contributed by atoms with E-state index in [4.69, 9.17) is 9.47 Å². The average Bonchev–Trinajstić information content (AvgIpc) is 2.35. The summed E-state index contributed by atoms with van der Waals surface area (Å²) in [5.74, 6) is 1.50. The first-order valence-corrected chi connectivity index (χ1v) is 6.33. The molecule has 0 heterocycles. The zero-order valence-corrected chi connectivity index (χ0v) is 12.1. The van der Waals surface area contributed by atoms with Crippen LogP contribution in [0.1, 0.15) is 24.2 Å². The summed E-state index contributed by atoms with van der Waals surface area (Å²) in [5, 5.41) is 0. The average molecular weight is 301 g/mol. The number of Topliss-reactive ketones (excluding diaryl/α,β-unsaturated/α-hetero) is 1. The maximum Gasteiger partial charge on any atom is 0.176 e. The monoisotopic (exact) mass is 300 g/mol. The van der Waals surface area contributed by atoms with Crippen molar-refractivity contribution < 1.29 is 14.3 Å². The molecule has 0 aliphatic rings. The summed E-state index contributed by atoms with van der Waals surface area (Å²) in [6.45, 7) is 4.00. The van der Waals surface area contributed by atoms with E-state index in [-0.39, 0.29) is 16.5 Å². The number of carbonyl (C=O) groups excluding carboxylic acids is 1.